The van der Waals surface area contributed by atoms with Crippen LogP contribution in [0.5, 0.6) is 0 Å². The molecular weight excluding hydrogens is 212 g/mol. The quantitative estimate of drug-likeness (QED) is 0.627. The molecule has 0 amide bonds. The normalized spacial score (nSPS) is 10.6. The van der Waals surface area contributed by atoms with Crippen molar-refractivity contribution < 1.29 is 0 Å². The third kappa shape index (κ3) is 1.69. The number of pyridine rings is 1. The van der Waals surface area contributed by atoms with Crippen LogP contribution in [0.4, 0.5) is 17.1 Å². The minimum atomic E-state index is 0.684. The van der Waals surface area contributed by atoms with Crippen molar-refractivity contribution in [1.82, 2.24) is 9.97 Å². The van der Waals surface area contributed by atoms with Crippen molar-refractivity contribution in [2.45, 2.75) is 0 Å². The minimum absolute atomic E-state index is 0.684. The van der Waals surface area contributed by atoms with E-state index in [4.69, 9.17) is 5.73 Å². The van der Waals surface area contributed by atoms with E-state index in [0.717, 1.165) is 22.3 Å². The third-order valence-electron chi connectivity index (χ3n) is 2.71. The smallest absolute Gasteiger partial charge is 0.0804 e. The Morgan fingerprint density at radius 2 is 2.06 bits per heavy atom. The van der Waals surface area contributed by atoms with Gasteiger partial charge in [-0.25, -0.2) is 0 Å². The van der Waals surface area contributed by atoms with Crippen molar-refractivity contribution in [2.24, 2.45) is 0 Å². The van der Waals surface area contributed by atoms with Crippen molar-refractivity contribution in [3.05, 3.63) is 48.9 Å². The third-order valence-corrected chi connectivity index (χ3v) is 2.71. The molecule has 3 rings (SSSR count). The van der Waals surface area contributed by atoms with Crippen LogP contribution in [0.15, 0.2) is 48.9 Å². The fourth-order valence-electron chi connectivity index (χ4n) is 1.84. The van der Waals surface area contributed by atoms with E-state index in [0.29, 0.717) is 5.69 Å². The van der Waals surface area contributed by atoms with Crippen LogP contribution in [0.1, 0.15) is 0 Å². The fourth-order valence-corrected chi connectivity index (χ4v) is 1.84. The van der Waals surface area contributed by atoms with Crippen LogP contribution in [0.25, 0.3) is 10.9 Å². The number of rotatable bonds is 2. The number of hydrogen-bond acceptors (Lipinski definition) is 3. The highest BCUT2D eigenvalue weighted by Crippen LogP contribution is 2.27. The van der Waals surface area contributed by atoms with E-state index in [1.165, 1.54) is 0 Å². The van der Waals surface area contributed by atoms with Crippen LogP contribution >= 0.6 is 0 Å². The molecule has 1 aromatic carbocycles. The predicted molar refractivity (Wildman–Crippen MR) is 70.2 cm³/mol. The minimum Gasteiger partial charge on any atom is -0.397 e. The standard InChI is InChI=1S/C13H12N4/c14-10-5-6-15-8-12(10)17-11-3-1-2-9-4-7-16-13(9)11/h1-8,16-17H,(H2,14,15). The summed E-state index contributed by atoms with van der Waals surface area (Å²) in [4.78, 5) is 7.26. The zero-order chi connectivity index (χ0) is 11.7. The molecule has 0 spiro atoms. The Labute approximate surface area is 98.5 Å². The molecule has 0 fully saturated rings. The number of anilines is 3. The molecule has 0 saturated carbocycles. The summed E-state index contributed by atoms with van der Waals surface area (Å²) < 4.78 is 0. The summed E-state index contributed by atoms with van der Waals surface area (Å²) in [6, 6.07) is 9.88. The van der Waals surface area contributed by atoms with Gasteiger partial charge in [-0.2, -0.15) is 0 Å². The number of nitrogens with one attached hydrogen (secondary N) is 2. The molecule has 4 nitrogen and oxygen atoms in total. The topological polar surface area (TPSA) is 66.7 Å². The van der Waals surface area contributed by atoms with Crippen molar-refractivity contribution >= 4 is 28.0 Å². The molecule has 4 N–H and O–H groups in total. The largest absolute Gasteiger partial charge is 0.397 e. The second-order valence-electron chi connectivity index (χ2n) is 3.84. The Kier molecular flexibility index (Phi) is 2.19. The molecule has 0 aliphatic heterocycles. The zero-order valence-electron chi connectivity index (χ0n) is 9.14. The molecule has 0 radical (unpaired) electrons. The van der Waals surface area contributed by atoms with Gasteiger partial charge in [0.1, 0.15) is 0 Å². The summed E-state index contributed by atoms with van der Waals surface area (Å²) in [7, 11) is 0. The van der Waals surface area contributed by atoms with E-state index in [-0.39, 0.29) is 0 Å². The van der Waals surface area contributed by atoms with Crippen molar-refractivity contribution in [2.75, 3.05) is 11.1 Å². The molecular formula is C13H12N4. The molecule has 2 aromatic heterocycles. The number of nitrogens with zero attached hydrogens (tertiary/aromatic N) is 1. The lowest BCUT2D eigenvalue weighted by Gasteiger charge is -2.09. The lowest BCUT2D eigenvalue weighted by molar-refractivity contribution is 1.32. The molecule has 0 aliphatic carbocycles. The van der Waals surface area contributed by atoms with Gasteiger partial charge in [0.2, 0.25) is 0 Å². The van der Waals surface area contributed by atoms with Crippen LogP contribution in [-0.4, -0.2) is 9.97 Å². The van der Waals surface area contributed by atoms with E-state index < -0.39 is 0 Å². The van der Waals surface area contributed by atoms with Crippen molar-refractivity contribution in [1.29, 1.82) is 0 Å². The Morgan fingerprint density at radius 3 is 2.94 bits per heavy atom. The molecule has 0 bridgehead atoms. The van der Waals surface area contributed by atoms with Crippen LogP contribution in [0.2, 0.25) is 0 Å². The lowest BCUT2D eigenvalue weighted by atomic mass is 10.2. The predicted octanol–water partition coefficient (Wildman–Crippen LogP) is 2.89. The van der Waals surface area contributed by atoms with E-state index in [9.17, 15) is 0 Å². The Morgan fingerprint density at radius 1 is 1.12 bits per heavy atom. The van der Waals surface area contributed by atoms with Gasteiger partial charge in [0.15, 0.2) is 0 Å². The second-order valence-corrected chi connectivity index (χ2v) is 3.84. The Bertz CT molecular complexity index is 657. The summed E-state index contributed by atoms with van der Waals surface area (Å²) >= 11 is 0. The van der Waals surface area contributed by atoms with Crippen molar-refractivity contribution in [3.8, 4) is 0 Å². The van der Waals surface area contributed by atoms with Gasteiger partial charge >= 0.3 is 0 Å². The van der Waals surface area contributed by atoms with Gasteiger partial charge in [-0.3, -0.25) is 4.98 Å². The van der Waals surface area contributed by atoms with Crippen LogP contribution in [0.3, 0.4) is 0 Å². The van der Waals surface area contributed by atoms with Crippen LogP contribution < -0.4 is 11.1 Å². The molecule has 0 atom stereocenters. The van der Waals surface area contributed by atoms with E-state index in [2.05, 4.69) is 21.4 Å². The molecule has 4 heteroatoms. The maximum atomic E-state index is 5.88. The summed E-state index contributed by atoms with van der Waals surface area (Å²) in [6.45, 7) is 0. The molecule has 17 heavy (non-hydrogen) atoms. The highest BCUT2D eigenvalue weighted by molar-refractivity contribution is 5.93. The van der Waals surface area contributed by atoms with E-state index >= 15 is 0 Å². The first kappa shape index (κ1) is 9.72. The van der Waals surface area contributed by atoms with Crippen LogP contribution in [0, 0.1) is 0 Å². The first-order valence-electron chi connectivity index (χ1n) is 5.37. The number of aromatic nitrogens is 2. The molecule has 84 valence electrons. The van der Waals surface area contributed by atoms with Gasteiger partial charge in [0.25, 0.3) is 0 Å². The van der Waals surface area contributed by atoms with Gasteiger partial charge in [-0.15, -0.1) is 0 Å². The molecule has 3 aromatic rings. The first-order valence-corrected chi connectivity index (χ1v) is 5.37. The van der Waals surface area contributed by atoms with Gasteiger partial charge < -0.3 is 16.0 Å². The fraction of sp³-hybridized carbons (Fsp3) is 0. The Hall–Kier alpha value is -2.49. The number of fused-ring (bicyclic) bond motifs is 1. The Balaban J connectivity index is 2.06. The first-order chi connectivity index (χ1) is 8.34. The maximum absolute atomic E-state index is 5.88. The number of aromatic amines is 1. The van der Waals surface area contributed by atoms with Gasteiger partial charge in [-0.1, -0.05) is 12.1 Å². The van der Waals surface area contributed by atoms with Crippen molar-refractivity contribution in [3.63, 3.8) is 0 Å². The second kappa shape index (κ2) is 3.83. The molecule has 0 aliphatic rings. The summed E-state index contributed by atoms with van der Waals surface area (Å²) in [5, 5.41) is 4.45. The number of nitrogen functional groups attached to an aromatic ring is 1. The molecule has 0 unspecified atom stereocenters. The highest BCUT2D eigenvalue weighted by atomic mass is 14.9. The monoisotopic (exact) mass is 224 g/mol. The summed E-state index contributed by atoms with van der Waals surface area (Å²) in [5.41, 5.74) is 9.43. The number of H-pyrrole nitrogens is 1. The summed E-state index contributed by atoms with van der Waals surface area (Å²) in [5.74, 6) is 0. The molecule has 2 heterocycles. The average molecular weight is 224 g/mol. The molecule has 0 saturated heterocycles. The van der Waals surface area contributed by atoms with E-state index in [1.807, 2.05) is 24.4 Å². The lowest BCUT2D eigenvalue weighted by Crippen LogP contribution is -1.97. The van der Waals surface area contributed by atoms with E-state index in [1.54, 1.807) is 18.5 Å². The maximum Gasteiger partial charge on any atom is 0.0804 e. The van der Waals surface area contributed by atoms with Crippen LogP contribution in [-0.2, 0) is 0 Å². The number of para-hydroxylation sites is 1. The summed E-state index contributed by atoms with van der Waals surface area (Å²) in [6.07, 6.45) is 5.31. The number of hydrogen-bond donors (Lipinski definition) is 3. The zero-order valence-corrected chi connectivity index (χ0v) is 9.14. The number of nitrogens with two attached hydrogens (primary N) is 1. The SMILES string of the molecule is Nc1ccncc1Nc1cccc2cc[nH]c12. The average Bonchev–Trinajstić information content (AvgIpc) is 2.81. The highest BCUT2D eigenvalue weighted by Gasteiger charge is 2.03. The van der Waals surface area contributed by atoms with Gasteiger partial charge in [0.05, 0.1) is 28.8 Å². The van der Waals surface area contributed by atoms with Gasteiger partial charge in [-0.05, 0) is 18.2 Å². The number of benzene rings is 1. The van der Waals surface area contributed by atoms with Gasteiger partial charge in [0, 0.05) is 17.8 Å².